The fourth-order valence-corrected chi connectivity index (χ4v) is 5.80. The molecule has 0 aliphatic carbocycles. The molecule has 38 heavy (non-hydrogen) atoms. The van der Waals surface area contributed by atoms with E-state index in [2.05, 4.69) is 45.0 Å². The van der Waals surface area contributed by atoms with Crippen molar-refractivity contribution in [1.29, 1.82) is 0 Å². The van der Waals surface area contributed by atoms with Crippen LogP contribution in [0.5, 0.6) is 0 Å². The van der Waals surface area contributed by atoms with Crippen molar-refractivity contribution in [3.63, 3.8) is 0 Å². The lowest BCUT2D eigenvalue weighted by Crippen LogP contribution is -2.47. The number of carbonyl (C=O) groups excluding carboxylic acids is 1. The van der Waals surface area contributed by atoms with Gasteiger partial charge in [0.2, 0.25) is 11.9 Å². The van der Waals surface area contributed by atoms with E-state index in [0.29, 0.717) is 13.1 Å². The number of piperidine rings is 1. The number of aromatic nitrogens is 2. The van der Waals surface area contributed by atoms with Crippen molar-refractivity contribution in [2.24, 2.45) is 0 Å². The highest BCUT2D eigenvalue weighted by Crippen LogP contribution is 2.31. The number of amides is 1. The molecular weight excluding hydrogens is 479 g/mol. The standard InChI is InChI=1S/C30H35FN6O/c31-24-11-9-23(10-12-24)21-28(38)37-16-13-27-26(22-37)29(35-14-5-2-6-15-35)33-30(32-27)36-19-17-34(18-20-36)25-7-3-1-4-8-25/h1,3-4,7-12H,2,5-6,13-22H2. The number of para-hydroxylation sites is 1. The molecule has 8 heteroatoms. The van der Waals surface area contributed by atoms with Crippen molar-refractivity contribution in [2.75, 3.05) is 60.5 Å². The maximum absolute atomic E-state index is 13.3. The van der Waals surface area contributed by atoms with Crippen molar-refractivity contribution in [3.8, 4) is 0 Å². The number of hydrogen-bond acceptors (Lipinski definition) is 6. The molecule has 2 aromatic carbocycles. The number of piperazine rings is 1. The van der Waals surface area contributed by atoms with Crippen LogP contribution in [-0.4, -0.2) is 66.6 Å². The highest BCUT2D eigenvalue weighted by Gasteiger charge is 2.30. The van der Waals surface area contributed by atoms with Gasteiger partial charge in [-0.25, -0.2) is 9.37 Å². The number of hydrogen-bond donors (Lipinski definition) is 0. The SMILES string of the molecule is O=C(Cc1ccc(F)cc1)N1CCc2nc(N3CCN(c4ccccc4)CC3)nc(N3CCCCC3)c2C1. The van der Waals surface area contributed by atoms with Crippen LogP contribution in [0.2, 0.25) is 0 Å². The molecule has 7 nitrogen and oxygen atoms in total. The van der Waals surface area contributed by atoms with Gasteiger partial charge < -0.3 is 19.6 Å². The van der Waals surface area contributed by atoms with Crippen LogP contribution in [0.3, 0.4) is 0 Å². The molecule has 4 heterocycles. The first-order valence-electron chi connectivity index (χ1n) is 13.9. The topological polar surface area (TPSA) is 55.8 Å². The van der Waals surface area contributed by atoms with E-state index in [1.807, 2.05) is 4.90 Å². The lowest BCUT2D eigenvalue weighted by molar-refractivity contribution is -0.131. The van der Waals surface area contributed by atoms with E-state index < -0.39 is 0 Å². The third-order valence-corrected chi connectivity index (χ3v) is 7.99. The van der Waals surface area contributed by atoms with Gasteiger partial charge in [-0.3, -0.25) is 4.79 Å². The molecule has 0 spiro atoms. The molecule has 0 radical (unpaired) electrons. The van der Waals surface area contributed by atoms with Crippen LogP contribution < -0.4 is 14.7 Å². The Labute approximate surface area is 223 Å². The summed E-state index contributed by atoms with van der Waals surface area (Å²) in [6.07, 6.45) is 4.58. The Morgan fingerprint density at radius 2 is 1.47 bits per heavy atom. The second-order valence-electron chi connectivity index (χ2n) is 10.5. The summed E-state index contributed by atoms with van der Waals surface area (Å²) < 4.78 is 13.3. The number of benzene rings is 2. The van der Waals surface area contributed by atoms with E-state index in [1.165, 1.54) is 24.2 Å². The molecule has 6 rings (SSSR count). The van der Waals surface area contributed by atoms with Crippen molar-refractivity contribution in [3.05, 3.63) is 77.2 Å². The molecule has 2 saturated heterocycles. The van der Waals surface area contributed by atoms with Gasteiger partial charge in [0.05, 0.1) is 18.7 Å². The Kier molecular flexibility index (Phi) is 7.12. The molecule has 3 aliphatic rings. The Morgan fingerprint density at radius 3 is 2.21 bits per heavy atom. The lowest BCUT2D eigenvalue weighted by atomic mass is 10.0. The molecule has 2 fully saturated rings. The number of carbonyl (C=O) groups is 1. The number of halogens is 1. The van der Waals surface area contributed by atoms with Gasteiger partial charge in [-0.05, 0) is 49.1 Å². The fourth-order valence-electron chi connectivity index (χ4n) is 5.80. The number of fused-ring (bicyclic) bond motifs is 1. The largest absolute Gasteiger partial charge is 0.368 e. The summed E-state index contributed by atoms with van der Waals surface area (Å²) in [7, 11) is 0. The highest BCUT2D eigenvalue weighted by atomic mass is 19.1. The van der Waals surface area contributed by atoms with Crippen molar-refractivity contribution in [2.45, 2.75) is 38.6 Å². The average Bonchev–Trinajstić information content (AvgIpc) is 2.98. The van der Waals surface area contributed by atoms with E-state index in [-0.39, 0.29) is 18.1 Å². The number of nitrogens with zero attached hydrogens (tertiary/aromatic N) is 6. The highest BCUT2D eigenvalue weighted by molar-refractivity contribution is 5.79. The molecule has 1 amide bonds. The first kappa shape index (κ1) is 24.6. The maximum Gasteiger partial charge on any atom is 0.227 e. The van der Waals surface area contributed by atoms with Gasteiger partial charge in [-0.2, -0.15) is 4.98 Å². The molecule has 3 aliphatic heterocycles. The molecule has 0 saturated carbocycles. The number of anilines is 3. The summed E-state index contributed by atoms with van der Waals surface area (Å²) >= 11 is 0. The van der Waals surface area contributed by atoms with E-state index in [0.717, 1.165) is 87.1 Å². The number of rotatable bonds is 5. The zero-order chi connectivity index (χ0) is 25.9. The predicted octanol–water partition coefficient (Wildman–Crippen LogP) is 4.06. The zero-order valence-corrected chi connectivity index (χ0v) is 21.9. The van der Waals surface area contributed by atoms with E-state index in [4.69, 9.17) is 9.97 Å². The Hall–Kier alpha value is -3.68. The second-order valence-corrected chi connectivity index (χ2v) is 10.5. The van der Waals surface area contributed by atoms with Gasteiger partial charge in [0.1, 0.15) is 11.6 Å². The quantitative estimate of drug-likeness (QED) is 0.512. The minimum Gasteiger partial charge on any atom is -0.368 e. The first-order valence-corrected chi connectivity index (χ1v) is 13.9. The molecule has 0 unspecified atom stereocenters. The maximum atomic E-state index is 13.3. The van der Waals surface area contributed by atoms with Gasteiger partial charge in [0.15, 0.2) is 0 Å². The van der Waals surface area contributed by atoms with Gasteiger partial charge in [0, 0.05) is 63.5 Å². The van der Waals surface area contributed by atoms with Crippen molar-refractivity contribution >= 4 is 23.4 Å². The molecular formula is C30H35FN6O. The van der Waals surface area contributed by atoms with E-state index >= 15 is 0 Å². The smallest absolute Gasteiger partial charge is 0.227 e. The fraction of sp³-hybridized carbons (Fsp3) is 0.433. The van der Waals surface area contributed by atoms with Crippen LogP contribution >= 0.6 is 0 Å². The van der Waals surface area contributed by atoms with Gasteiger partial charge in [0.25, 0.3) is 0 Å². The first-order chi connectivity index (χ1) is 18.6. The second kappa shape index (κ2) is 11.0. The van der Waals surface area contributed by atoms with E-state index in [1.54, 1.807) is 12.1 Å². The summed E-state index contributed by atoms with van der Waals surface area (Å²) in [5.74, 6) is 1.61. The normalized spacial score (nSPS) is 17.9. The summed E-state index contributed by atoms with van der Waals surface area (Å²) in [4.78, 5) is 32.5. The monoisotopic (exact) mass is 514 g/mol. The minimum absolute atomic E-state index is 0.0629. The average molecular weight is 515 g/mol. The molecule has 1 aromatic heterocycles. The lowest BCUT2D eigenvalue weighted by Gasteiger charge is -2.38. The molecule has 0 N–H and O–H groups in total. The van der Waals surface area contributed by atoms with Crippen molar-refractivity contribution < 1.29 is 9.18 Å². The Morgan fingerprint density at radius 1 is 0.763 bits per heavy atom. The van der Waals surface area contributed by atoms with Crippen LogP contribution in [0.1, 0.15) is 36.1 Å². The molecule has 0 bridgehead atoms. The van der Waals surface area contributed by atoms with Crippen LogP contribution in [0.4, 0.5) is 21.8 Å². The predicted molar refractivity (Wildman–Crippen MR) is 148 cm³/mol. The van der Waals surface area contributed by atoms with Crippen LogP contribution in [0.15, 0.2) is 54.6 Å². The third-order valence-electron chi connectivity index (χ3n) is 7.99. The van der Waals surface area contributed by atoms with Gasteiger partial charge >= 0.3 is 0 Å². The summed E-state index contributed by atoms with van der Waals surface area (Å²) in [5, 5.41) is 0. The zero-order valence-electron chi connectivity index (χ0n) is 21.9. The minimum atomic E-state index is -0.284. The third kappa shape index (κ3) is 5.30. The molecule has 198 valence electrons. The van der Waals surface area contributed by atoms with Gasteiger partial charge in [-0.1, -0.05) is 30.3 Å². The van der Waals surface area contributed by atoms with Crippen LogP contribution in [0, 0.1) is 5.82 Å². The summed E-state index contributed by atoms with van der Waals surface area (Å²) in [5.41, 5.74) is 4.27. The van der Waals surface area contributed by atoms with Gasteiger partial charge in [-0.15, -0.1) is 0 Å². The van der Waals surface area contributed by atoms with Crippen LogP contribution in [-0.2, 0) is 24.2 Å². The molecule has 3 aromatic rings. The Bertz CT molecular complexity index is 1250. The summed E-state index contributed by atoms with van der Waals surface area (Å²) in [6, 6.07) is 16.8. The molecule has 0 atom stereocenters. The van der Waals surface area contributed by atoms with Crippen molar-refractivity contribution in [1.82, 2.24) is 14.9 Å². The van der Waals surface area contributed by atoms with Crippen LogP contribution in [0.25, 0.3) is 0 Å². The van der Waals surface area contributed by atoms with E-state index in [9.17, 15) is 9.18 Å². The Balaban J connectivity index is 1.22. The summed E-state index contributed by atoms with van der Waals surface area (Å²) in [6.45, 7) is 6.81.